The summed E-state index contributed by atoms with van der Waals surface area (Å²) < 4.78 is 17.4. The first-order valence-corrected chi connectivity index (χ1v) is 18.1. The Morgan fingerprint density at radius 2 is 1.71 bits per heavy atom. The fourth-order valence-electron chi connectivity index (χ4n) is 7.51. The fraction of sp³-hybridized carbons (Fsp3) is 0.459. The number of rotatable bonds is 12. The van der Waals surface area contributed by atoms with Gasteiger partial charge < -0.3 is 55.0 Å². The van der Waals surface area contributed by atoms with E-state index in [1.165, 1.54) is 32.2 Å². The summed E-state index contributed by atoms with van der Waals surface area (Å²) in [4.78, 5) is 92.9. The molecule has 2 aliphatic carbocycles. The Balaban J connectivity index is 1.37. The van der Waals surface area contributed by atoms with E-state index in [9.17, 15) is 59.1 Å². The fourth-order valence-corrected chi connectivity index (χ4v) is 7.51. The lowest BCUT2D eigenvalue weighted by molar-refractivity contribution is -0.248. The number of aliphatic hydroxyl groups is 3. The lowest BCUT2D eigenvalue weighted by Crippen LogP contribution is -2.56. The first kappa shape index (κ1) is 41.6. The molecule has 4 amide bonds. The van der Waals surface area contributed by atoms with Crippen molar-refractivity contribution in [2.24, 2.45) is 5.10 Å². The molecule has 21 nitrogen and oxygen atoms in total. The first-order valence-electron chi connectivity index (χ1n) is 18.1. The number of carboxylic acid groups (broad SMARTS) is 1. The molecule has 0 spiro atoms. The topological polar surface area (TPSA) is 317 Å². The van der Waals surface area contributed by atoms with E-state index in [0.29, 0.717) is 5.06 Å². The summed E-state index contributed by atoms with van der Waals surface area (Å²) in [6.07, 6.45) is -9.36. The van der Waals surface area contributed by atoms with Crippen molar-refractivity contribution < 1.29 is 83.2 Å². The van der Waals surface area contributed by atoms with Crippen LogP contribution in [0.5, 0.6) is 17.2 Å². The van der Waals surface area contributed by atoms with Gasteiger partial charge in [-0.05, 0) is 19.4 Å². The Morgan fingerprint density at radius 3 is 2.36 bits per heavy atom. The number of hydrazone groups is 1. The van der Waals surface area contributed by atoms with Gasteiger partial charge in [0.05, 0.1) is 54.4 Å². The van der Waals surface area contributed by atoms with Crippen LogP contribution < -0.4 is 15.5 Å². The monoisotopic (exact) mass is 812 g/mol. The number of hydroxylamine groups is 2. The molecule has 310 valence electrons. The second-order valence-electron chi connectivity index (χ2n) is 14.1. The molecule has 21 heteroatoms. The number of benzene rings is 2. The van der Waals surface area contributed by atoms with Gasteiger partial charge in [-0.1, -0.05) is 12.1 Å². The SMILES string of the molecule is COc1cccc2c1C(=O)c1c(O)c3c(c(O)c1C2=O)C[C@@](O)(/C(CO)=N/NC(=O)CCCC(=O)O)C[C@@H]3O[C@H]1C[C@H](NC(=O)ON2C(=O)CCC2=O)[C@H](O)[C@H](C)O1. The number of imide groups is 1. The molecular formula is C37H40N4O17. The molecule has 0 aromatic heterocycles. The zero-order chi connectivity index (χ0) is 42.2. The molecule has 2 aromatic carbocycles. The van der Waals surface area contributed by atoms with Crippen molar-refractivity contribution in [2.45, 2.75) is 94.5 Å². The maximum atomic E-state index is 14.1. The Labute approximate surface area is 328 Å². The minimum atomic E-state index is -2.32. The lowest BCUT2D eigenvalue weighted by Gasteiger charge is -2.43. The second-order valence-corrected chi connectivity index (χ2v) is 14.1. The quantitative estimate of drug-likeness (QED) is 0.0516. The Morgan fingerprint density at radius 1 is 1.02 bits per heavy atom. The number of ether oxygens (including phenoxy) is 3. The summed E-state index contributed by atoms with van der Waals surface area (Å²) in [5.41, 5.74) is -2.75. The van der Waals surface area contributed by atoms with Crippen molar-refractivity contribution >= 4 is 47.1 Å². The summed E-state index contributed by atoms with van der Waals surface area (Å²) in [5.74, 6) is -6.76. The van der Waals surface area contributed by atoms with Crippen LogP contribution in [0, 0.1) is 0 Å². The summed E-state index contributed by atoms with van der Waals surface area (Å²) in [7, 11) is 1.27. The average molecular weight is 813 g/mol. The van der Waals surface area contributed by atoms with Gasteiger partial charge in [0.25, 0.3) is 11.8 Å². The molecule has 8 N–H and O–H groups in total. The highest BCUT2D eigenvalue weighted by atomic mass is 16.7. The first-order chi connectivity index (χ1) is 27.5. The van der Waals surface area contributed by atoms with E-state index in [-0.39, 0.29) is 66.5 Å². The van der Waals surface area contributed by atoms with Gasteiger partial charge in [0.1, 0.15) is 29.0 Å². The van der Waals surface area contributed by atoms with Crippen molar-refractivity contribution in [1.82, 2.24) is 15.8 Å². The molecule has 2 aliphatic heterocycles. The predicted molar refractivity (Wildman–Crippen MR) is 190 cm³/mol. The van der Waals surface area contributed by atoms with Crippen LogP contribution in [-0.2, 0) is 39.9 Å². The standard InChI is InChI=1S/C37H40N4O17/c1-15-31(48)18(38-36(53)58-41-23(44)9-10-24(41)45)11-26(56-15)57-20-13-37(54,21(14-42)39-40-22(43)7-4-8-25(46)47)12-17-28(20)35(52)30-29(33(17)50)32(49)16-5-3-6-19(55-2)27(16)34(30)51/h3,5-6,15,18,20,26,31,42,48,50,52,54H,4,7-14H2,1-2H3,(H,38,53)(H,40,43)(H,46,47)/b39-21+/t15-,18-,20-,26-,31+,37-/m0/s1. The molecule has 0 bridgehead atoms. The van der Waals surface area contributed by atoms with E-state index in [4.69, 9.17) is 24.2 Å². The number of hydrogen-bond acceptors (Lipinski definition) is 17. The molecule has 2 heterocycles. The number of methoxy groups -OCH3 is 1. The van der Waals surface area contributed by atoms with Crippen molar-refractivity contribution in [1.29, 1.82) is 0 Å². The molecule has 4 aliphatic rings. The molecule has 2 aromatic rings. The molecule has 0 radical (unpaired) electrons. The number of carbonyl (C=O) groups is 7. The maximum absolute atomic E-state index is 14.1. The van der Waals surface area contributed by atoms with Crippen molar-refractivity contribution in [2.75, 3.05) is 13.7 Å². The molecule has 6 atom stereocenters. The number of phenols is 2. The summed E-state index contributed by atoms with van der Waals surface area (Å²) in [6, 6.07) is 2.98. The van der Waals surface area contributed by atoms with E-state index >= 15 is 0 Å². The van der Waals surface area contributed by atoms with Gasteiger partial charge in [-0.2, -0.15) is 5.10 Å². The number of ketones is 2. The summed E-state index contributed by atoms with van der Waals surface area (Å²) in [6.45, 7) is 0.429. The average Bonchev–Trinajstić information content (AvgIpc) is 3.48. The van der Waals surface area contributed by atoms with Gasteiger partial charge in [-0.15, -0.1) is 5.06 Å². The molecule has 2 fully saturated rings. The zero-order valence-corrected chi connectivity index (χ0v) is 31.1. The maximum Gasteiger partial charge on any atom is 0.432 e. The third kappa shape index (κ3) is 7.81. The smallest absolute Gasteiger partial charge is 0.432 e. The molecule has 58 heavy (non-hydrogen) atoms. The highest BCUT2D eigenvalue weighted by Gasteiger charge is 2.50. The summed E-state index contributed by atoms with van der Waals surface area (Å²) >= 11 is 0. The number of nitrogens with zero attached hydrogens (tertiary/aromatic N) is 2. The third-order valence-electron chi connectivity index (χ3n) is 10.4. The lowest BCUT2D eigenvalue weighted by atomic mass is 9.71. The van der Waals surface area contributed by atoms with E-state index in [2.05, 4.69) is 15.8 Å². The van der Waals surface area contributed by atoms with E-state index < -0.39 is 125 Å². The number of aliphatic hydroxyl groups excluding tert-OH is 2. The van der Waals surface area contributed by atoms with Gasteiger partial charge in [0, 0.05) is 61.6 Å². The van der Waals surface area contributed by atoms with Crippen molar-refractivity contribution in [3.63, 3.8) is 0 Å². The highest BCUT2D eigenvalue weighted by molar-refractivity contribution is 6.31. The zero-order valence-electron chi connectivity index (χ0n) is 31.1. The van der Waals surface area contributed by atoms with Crippen LogP contribution in [-0.4, -0.2) is 127 Å². The highest BCUT2D eigenvalue weighted by Crippen LogP contribution is 2.52. The number of aliphatic carboxylic acids is 1. The van der Waals surface area contributed by atoms with Crippen molar-refractivity contribution in [3.8, 4) is 17.2 Å². The number of nitrogens with one attached hydrogen (secondary N) is 2. The molecular weight excluding hydrogens is 772 g/mol. The predicted octanol–water partition coefficient (Wildman–Crippen LogP) is -0.00920. The van der Waals surface area contributed by atoms with Crippen LogP contribution in [0.3, 0.4) is 0 Å². The van der Waals surface area contributed by atoms with E-state index in [0.717, 1.165) is 0 Å². The van der Waals surface area contributed by atoms with Crippen LogP contribution in [0.1, 0.15) is 101 Å². The Bertz CT molecular complexity index is 2100. The normalized spacial score (nSPS) is 25.4. The number of amides is 4. The molecule has 6 rings (SSSR count). The van der Waals surface area contributed by atoms with Gasteiger partial charge in [0.15, 0.2) is 12.1 Å². The van der Waals surface area contributed by atoms with Gasteiger partial charge >= 0.3 is 12.1 Å². The van der Waals surface area contributed by atoms with Crippen LogP contribution in [0.25, 0.3) is 0 Å². The van der Waals surface area contributed by atoms with E-state index in [1.54, 1.807) is 0 Å². The van der Waals surface area contributed by atoms with Crippen LogP contribution >= 0.6 is 0 Å². The van der Waals surface area contributed by atoms with Crippen LogP contribution in [0.2, 0.25) is 0 Å². The number of hydrogen-bond donors (Lipinski definition) is 8. The largest absolute Gasteiger partial charge is 0.507 e. The van der Waals surface area contributed by atoms with E-state index in [1.807, 2.05) is 0 Å². The van der Waals surface area contributed by atoms with Crippen LogP contribution in [0.15, 0.2) is 23.3 Å². The number of fused-ring (bicyclic) bond motifs is 3. The van der Waals surface area contributed by atoms with Gasteiger partial charge in [-0.3, -0.25) is 28.8 Å². The molecule has 0 unspecified atom stereocenters. The molecule has 0 saturated carbocycles. The molecule has 2 saturated heterocycles. The van der Waals surface area contributed by atoms with Crippen molar-refractivity contribution in [3.05, 3.63) is 51.6 Å². The minimum Gasteiger partial charge on any atom is -0.507 e. The number of phenolic OH excluding ortho intramolecular Hbond substituents is 2. The Hall–Kier alpha value is -6.00. The Kier molecular flexibility index (Phi) is 11.8. The number of carbonyl (C=O) groups excluding carboxylic acids is 6. The summed E-state index contributed by atoms with van der Waals surface area (Å²) in [5, 5.41) is 72.6. The minimum absolute atomic E-state index is 0.00720. The second kappa shape index (κ2) is 16.5. The van der Waals surface area contributed by atoms with Gasteiger partial charge in [-0.25, -0.2) is 10.2 Å². The number of aromatic hydroxyl groups is 2. The van der Waals surface area contributed by atoms with Crippen LogP contribution in [0.4, 0.5) is 4.79 Å². The third-order valence-corrected chi connectivity index (χ3v) is 10.4. The van der Waals surface area contributed by atoms with Gasteiger partial charge in [0.2, 0.25) is 11.7 Å². The number of carboxylic acids is 1.